The minimum atomic E-state index is -0.713. The number of nitrogens with zero attached hydrogens (tertiary/aromatic N) is 1. The molecule has 0 aliphatic carbocycles. The highest BCUT2D eigenvalue weighted by atomic mass is 16.5. The second-order valence-electron chi connectivity index (χ2n) is 5.02. The summed E-state index contributed by atoms with van der Waals surface area (Å²) >= 11 is 0. The van der Waals surface area contributed by atoms with Crippen LogP contribution in [0.3, 0.4) is 0 Å². The molecule has 92 valence electrons. The lowest BCUT2D eigenvalue weighted by molar-refractivity contribution is -0.119. The summed E-state index contributed by atoms with van der Waals surface area (Å²) in [6.07, 6.45) is 3.85. The summed E-state index contributed by atoms with van der Waals surface area (Å²) in [5.41, 5.74) is 0.873. The van der Waals surface area contributed by atoms with Crippen LogP contribution in [0.25, 0.3) is 0 Å². The van der Waals surface area contributed by atoms with Gasteiger partial charge in [-0.25, -0.2) is 0 Å². The number of rotatable bonds is 0. The molecule has 1 aromatic carbocycles. The van der Waals surface area contributed by atoms with E-state index in [1.54, 1.807) is 4.90 Å². The number of anilines is 1. The Morgan fingerprint density at radius 1 is 1.39 bits per heavy atom. The fourth-order valence-electron chi connectivity index (χ4n) is 3.18. The first-order chi connectivity index (χ1) is 8.71. The van der Waals surface area contributed by atoms with Crippen molar-refractivity contribution in [3.05, 3.63) is 42.0 Å². The number of aliphatic hydroxyl groups excluding tert-OH is 1. The van der Waals surface area contributed by atoms with Gasteiger partial charge in [-0.2, -0.15) is 0 Å². The fourth-order valence-corrected chi connectivity index (χ4v) is 3.18. The molecule has 1 saturated heterocycles. The SMILES string of the molecule is O=C1CCC23C=CC(O2)C(O)c2ccccc2N13. The molecule has 2 bridgehead atoms. The molecule has 1 aromatic rings. The number of carbonyl (C=O) groups is 1. The van der Waals surface area contributed by atoms with Crippen molar-refractivity contribution in [3.63, 3.8) is 0 Å². The third kappa shape index (κ3) is 1.09. The van der Waals surface area contributed by atoms with Crippen molar-refractivity contribution in [2.75, 3.05) is 4.90 Å². The summed E-state index contributed by atoms with van der Waals surface area (Å²) < 4.78 is 5.94. The number of hydrogen-bond donors (Lipinski definition) is 1. The van der Waals surface area contributed by atoms with Crippen molar-refractivity contribution in [2.45, 2.75) is 30.8 Å². The van der Waals surface area contributed by atoms with Gasteiger partial charge in [0, 0.05) is 18.4 Å². The van der Waals surface area contributed by atoms with E-state index in [9.17, 15) is 9.90 Å². The average molecular weight is 243 g/mol. The number of benzene rings is 1. The zero-order valence-corrected chi connectivity index (χ0v) is 9.74. The van der Waals surface area contributed by atoms with Crippen LogP contribution in [0.1, 0.15) is 24.5 Å². The molecule has 0 saturated carbocycles. The van der Waals surface area contributed by atoms with Gasteiger partial charge in [0.25, 0.3) is 0 Å². The fraction of sp³-hybridized carbons (Fsp3) is 0.357. The Morgan fingerprint density at radius 2 is 2.22 bits per heavy atom. The van der Waals surface area contributed by atoms with E-state index >= 15 is 0 Å². The molecule has 4 heteroatoms. The Hall–Kier alpha value is -1.65. The second-order valence-corrected chi connectivity index (χ2v) is 5.02. The quantitative estimate of drug-likeness (QED) is 0.703. The van der Waals surface area contributed by atoms with Crippen LogP contribution in [0.15, 0.2) is 36.4 Å². The first-order valence-corrected chi connectivity index (χ1v) is 6.18. The minimum absolute atomic E-state index is 0.0573. The molecule has 1 amide bonds. The molecule has 1 spiro atoms. The number of fused-ring (bicyclic) bond motifs is 3. The molecular formula is C14H13NO3. The van der Waals surface area contributed by atoms with Crippen LogP contribution >= 0.6 is 0 Å². The Balaban J connectivity index is 1.99. The van der Waals surface area contributed by atoms with E-state index in [-0.39, 0.29) is 12.0 Å². The largest absolute Gasteiger partial charge is 0.385 e. The number of amides is 1. The van der Waals surface area contributed by atoms with E-state index < -0.39 is 11.8 Å². The van der Waals surface area contributed by atoms with Crippen LogP contribution in [0.5, 0.6) is 0 Å². The molecule has 3 atom stereocenters. The van der Waals surface area contributed by atoms with Crippen LogP contribution in [-0.2, 0) is 9.53 Å². The van der Waals surface area contributed by atoms with Crippen LogP contribution in [-0.4, -0.2) is 22.8 Å². The molecule has 1 N–H and O–H groups in total. The molecule has 3 unspecified atom stereocenters. The smallest absolute Gasteiger partial charge is 0.229 e. The van der Waals surface area contributed by atoms with E-state index in [0.29, 0.717) is 12.8 Å². The van der Waals surface area contributed by atoms with Gasteiger partial charge in [-0.1, -0.05) is 24.3 Å². The van der Waals surface area contributed by atoms with Crippen molar-refractivity contribution in [1.29, 1.82) is 0 Å². The number of carbonyl (C=O) groups excluding carboxylic acids is 1. The molecule has 3 heterocycles. The summed E-state index contributed by atoms with van der Waals surface area (Å²) in [6, 6.07) is 7.49. The highest BCUT2D eigenvalue weighted by molar-refractivity contribution is 5.98. The second kappa shape index (κ2) is 3.22. The number of ether oxygens (including phenoxy) is 1. The summed E-state index contributed by atoms with van der Waals surface area (Å²) in [7, 11) is 0. The molecule has 4 nitrogen and oxygen atoms in total. The average Bonchev–Trinajstić information content (AvgIpc) is 2.91. The normalized spacial score (nSPS) is 36.5. The van der Waals surface area contributed by atoms with E-state index in [4.69, 9.17) is 4.74 Å². The highest BCUT2D eigenvalue weighted by Gasteiger charge is 2.53. The Morgan fingerprint density at radius 3 is 3.11 bits per heavy atom. The van der Waals surface area contributed by atoms with Crippen LogP contribution in [0.2, 0.25) is 0 Å². The molecule has 18 heavy (non-hydrogen) atoms. The van der Waals surface area contributed by atoms with Crippen molar-refractivity contribution in [2.24, 2.45) is 0 Å². The summed E-state index contributed by atoms with van der Waals surface area (Å²) in [5.74, 6) is 0.0573. The molecule has 1 fully saturated rings. The Bertz CT molecular complexity index is 568. The Kier molecular flexibility index (Phi) is 1.84. The molecule has 3 aliphatic heterocycles. The Labute approximate surface area is 104 Å². The van der Waals surface area contributed by atoms with Crippen molar-refractivity contribution >= 4 is 11.6 Å². The summed E-state index contributed by atoms with van der Waals surface area (Å²) in [6.45, 7) is 0. The zero-order valence-electron chi connectivity index (χ0n) is 9.74. The summed E-state index contributed by atoms with van der Waals surface area (Å²) in [5, 5.41) is 10.4. The first kappa shape index (κ1) is 10.3. The van der Waals surface area contributed by atoms with Crippen LogP contribution in [0, 0.1) is 0 Å². The van der Waals surface area contributed by atoms with Crippen molar-refractivity contribution in [1.82, 2.24) is 0 Å². The van der Waals surface area contributed by atoms with E-state index in [2.05, 4.69) is 0 Å². The highest BCUT2D eigenvalue weighted by Crippen LogP contribution is 2.48. The summed E-state index contributed by atoms with van der Waals surface area (Å²) in [4.78, 5) is 13.8. The maximum Gasteiger partial charge on any atom is 0.229 e. The lowest BCUT2D eigenvalue weighted by atomic mass is 10.00. The van der Waals surface area contributed by atoms with Gasteiger partial charge in [-0.05, 0) is 12.1 Å². The lowest BCUT2D eigenvalue weighted by Gasteiger charge is -2.32. The number of para-hydroxylation sites is 1. The molecule has 0 aromatic heterocycles. The predicted molar refractivity (Wildman–Crippen MR) is 64.9 cm³/mol. The number of hydrogen-bond acceptors (Lipinski definition) is 3. The topological polar surface area (TPSA) is 49.8 Å². The lowest BCUT2D eigenvalue weighted by Crippen LogP contribution is -2.45. The van der Waals surface area contributed by atoms with Gasteiger partial charge in [0.15, 0.2) is 5.72 Å². The van der Waals surface area contributed by atoms with E-state index in [1.807, 2.05) is 36.4 Å². The third-order valence-electron chi connectivity index (χ3n) is 4.02. The predicted octanol–water partition coefficient (Wildman–Crippen LogP) is 1.51. The van der Waals surface area contributed by atoms with Gasteiger partial charge in [0.05, 0.1) is 5.69 Å². The molecular weight excluding hydrogens is 230 g/mol. The monoisotopic (exact) mass is 243 g/mol. The van der Waals surface area contributed by atoms with Gasteiger partial charge in [-0.15, -0.1) is 0 Å². The van der Waals surface area contributed by atoms with Crippen molar-refractivity contribution < 1.29 is 14.6 Å². The third-order valence-corrected chi connectivity index (χ3v) is 4.02. The zero-order chi connectivity index (χ0) is 12.3. The standard InChI is InChI=1S/C14H13NO3/c16-12-6-8-14-7-5-11(18-14)13(17)9-3-1-2-4-10(9)15(12)14/h1-5,7,11,13,17H,6,8H2. The molecule has 3 aliphatic rings. The first-order valence-electron chi connectivity index (χ1n) is 6.18. The molecule has 4 rings (SSSR count). The van der Waals surface area contributed by atoms with Crippen LogP contribution in [0.4, 0.5) is 5.69 Å². The maximum absolute atomic E-state index is 12.1. The minimum Gasteiger partial charge on any atom is -0.385 e. The van der Waals surface area contributed by atoms with E-state index in [1.165, 1.54) is 0 Å². The van der Waals surface area contributed by atoms with Gasteiger partial charge in [-0.3, -0.25) is 9.69 Å². The van der Waals surface area contributed by atoms with E-state index in [0.717, 1.165) is 11.3 Å². The van der Waals surface area contributed by atoms with Gasteiger partial charge in [0.2, 0.25) is 5.91 Å². The van der Waals surface area contributed by atoms with Gasteiger partial charge >= 0.3 is 0 Å². The number of aliphatic hydroxyl groups is 1. The van der Waals surface area contributed by atoms with Gasteiger partial charge < -0.3 is 9.84 Å². The van der Waals surface area contributed by atoms with Crippen molar-refractivity contribution in [3.8, 4) is 0 Å². The molecule has 0 radical (unpaired) electrons. The maximum atomic E-state index is 12.1. The van der Waals surface area contributed by atoms with Crippen LogP contribution < -0.4 is 4.90 Å². The van der Waals surface area contributed by atoms with Gasteiger partial charge in [0.1, 0.15) is 12.2 Å².